The average Bonchev–Trinajstić information content (AvgIpc) is 2.69. The summed E-state index contributed by atoms with van der Waals surface area (Å²) in [5.74, 6) is -0.783. The number of hydrogen-bond acceptors (Lipinski definition) is 5. The summed E-state index contributed by atoms with van der Waals surface area (Å²) < 4.78 is 0. The van der Waals surface area contributed by atoms with Crippen molar-refractivity contribution >= 4 is 23.8 Å². The van der Waals surface area contributed by atoms with Crippen LogP contribution < -0.4 is 5.73 Å². The van der Waals surface area contributed by atoms with Crippen molar-refractivity contribution in [3.63, 3.8) is 0 Å². The summed E-state index contributed by atoms with van der Waals surface area (Å²) in [5.41, 5.74) is 8.54. The summed E-state index contributed by atoms with van der Waals surface area (Å²) in [5, 5.41) is 13.7. The molecule has 0 unspecified atom stereocenters. The number of nitrogens with zero attached hydrogens (tertiary/aromatic N) is 2. The van der Waals surface area contributed by atoms with Gasteiger partial charge in [0, 0.05) is 6.04 Å². The van der Waals surface area contributed by atoms with Gasteiger partial charge in [0.05, 0.1) is 22.5 Å². The van der Waals surface area contributed by atoms with E-state index in [9.17, 15) is 9.90 Å². The maximum Gasteiger partial charge on any atom is 0.313 e. The minimum Gasteiger partial charge on any atom is -0.481 e. The zero-order valence-corrected chi connectivity index (χ0v) is 16.6. The van der Waals surface area contributed by atoms with Crippen LogP contribution in [0.15, 0.2) is 42.1 Å². The van der Waals surface area contributed by atoms with Crippen molar-refractivity contribution in [3.8, 4) is 0 Å². The maximum atomic E-state index is 11.8. The Hall–Kier alpha value is -2.73. The fraction of sp³-hybridized carbons (Fsp3) is 0.409. The molecule has 0 radical (unpaired) electrons. The lowest BCUT2D eigenvalue weighted by atomic mass is 9.73. The second kappa shape index (κ2) is 9.99. The van der Waals surface area contributed by atoms with Gasteiger partial charge in [-0.05, 0) is 56.7 Å². The third-order valence-electron chi connectivity index (χ3n) is 5.01. The van der Waals surface area contributed by atoms with Gasteiger partial charge in [-0.15, -0.1) is 0 Å². The van der Waals surface area contributed by atoms with Crippen LogP contribution in [-0.2, 0) is 9.63 Å². The van der Waals surface area contributed by atoms with E-state index in [2.05, 4.69) is 16.7 Å². The fourth-order valence-corrected chi connectivity index (χ4v) is 3.28. The van der Waals surface area contributed by atoms with Gasteiger partial charge < -0.3 is 15.7 Å². The molecule has 6 nitrogen and oxygen atoms in total. The SMILES string of the molecule is C=Cc1nc([C@@H](C)N)ccc1/C=C\C/C=C/C1(C(=O)O)CCC(=NOC)CC1. The number of aliphatic carboxylic acids is 1. The quantitative estimate of drug-likeness (QED) is 0.514. The lowest BCUT2D eigenvalue weighted by molar-refractivity contribution is -0.146. The Morgan fingerprint density at radius 2 is 2.14 bits per heavy atom. The third-order valence-corrected chi connectivity index (χ3v) is 5.01. The Labute approximate surface area is 166 Å². The summed E-state index contributed by atoms with van der Waals surface area (Å²) >= 11 is 0. The van der Waals surface area contributed by atoms with Crippen LogP contribution in [0.1, 0.15) is 62.0 Å². The van der Waals surface area contributed by atoms with E-state index in [1.165, 1.54) is 7.11 Å². The number of allylic oxidation sites excluding steroid dienone is 2. The number of rotatable bonds is 8. The number of carbonyl (C=O) groups is 1. The minimum atomic E-state index is -0.826. The van der Waals surface area contributed by atoms with Crippen molar-refractivity contribution in [2.45, 2.75) is 45.1 Å². The average molecular weight is 383 g/mol. The largest absolute Gasteiger partial charge is 0.481 e. The van der Waals surface area contributed by atoms with E-state index in [-0.39, 0.29) is 6.04 Å². The molecular formula is C22H29N3O3. The molecular weight excluding hydrogens is 354 g/mol. The molecule has 150 valence electrons. The lowest BCUT2D eigenvalue weighted by Gasteiger charge is -2.30. The number of carboxylic acid groups (broad SMARTS) is 1. The van der Waals surface area contributed by atoms with Gasteiger partial charge in [-0.25, -0.2) is 0 Å². The first-order valence-corrected chi connectivity index (χ1v) is 9.47. The zero-order chi connectivity index (χ0) is 20.6. The van der Waals surface area contributed by atoms with Crippen LogP contribution in [0.25, 0.3) is 12.2 Å². The molecule has 0 aliphatic heterocycles. The smallest absolute Gasteiger partial charge is 0.313 e. The summed E-state index contributed by atoms with van der Waals surface area (Å²) in [6.45, 7) is 5.70. The second-order valence-corrected chi connectivity index (χ2v) is 7.05. The van der Waals surface area contributed by atoms with Gasteiger partial charge in [0.1, 0.15) is 7.11 Å². The van der Waals surface area contributed by atoms with E-state index < -0.39 is 11.4 Å². The van der Waals surface area contributed by atoms with Crippen LogP contribution >= 0.6 is 0 Å². The van der Waals surface area contributed by atoms with Crippen molar-refractivity contribution in [2.24, 2.45) is 16.3 Å². The summed E-state index contributed by atoms with van der Waals surface area (Å²) in [7, 11) is 1.51. The number of aromatic nitrogens is 1. The molecule has 28 heavy (non-hydrogen) atoms. The molecule has 3 N–H and O–H groups in total. The molecule has 1 saturated carbocycles. The predicted molar refractivity (Wildman–Crippen MR) is 113 cm³/mol. The zero-order valence-electron chi connectivity index (χ0n) is 16.6. The highest BCUT2D eigenvalue weighted by atomic mass is 16.6. The standard InChI is InChI=1S/C22H29N3O3/c1-4-19-17(9-10-20(24-19)16(2)23)8-6-5-7-13-22(21(26)27)14-11-18(12-15-22)25-28-3/h4,6-10,13,16H,1,5,11-12,14-15,23H2,2-3H3,(H,26,27)/b8-6-,13-7+,25-18?/t16-,22?/m1/s1. The normalized spacial score (nSPS) is 21.0. The highest BCUT2D eigenvalue weighted by Gasteiger charge is 2.38. The number of carboxylic acids is 1. The van der Waals surface area contributed by atoms with E-state index in [0.717, 1.165) is 22.7 Å². The molecule has 0 amide bonds. The number of pyridine rings is 1. The van der Waals surface area contributed by atoms with E-state index in [0.29, 0.717) is 32.1 Å². The molecule has 1 aromatic heterocycles. The first kappa shape index (κ1) is 21.6. The molecule has 1 fully saturated rings. The van der Waals surface area contributed by atoms with Crippen molar-refractivity contribution < 1.29 is 14.7 Å². The third kappa shape index (κ3) is 5.39. The van der Waals surface area contributed by atoms with Crippen LogP contribution in [0.3, 0.4) is 0 Å². The van der Waals surface area contributed by atoms with Gasteiger partial charge in [0.2, 0.25) is 0 Å². The molecule has 1 atom stereocenters. The van der Waals surface area contributed by atoms with Crippen molar-refractivity contribution in [1.82, 2.24) is 4.98 Å². The Kier molecular flexibility index (Phi) is 7.70. The Bertz CT molecular complexity index is 784. The second-order valence-electron chi connectivity index (χ2n) is 7.05. The van der Waals surface area contributed by atoms with Gasteiger partial charge in [0.25, 0.3) is 0 Å². The molecule has 1 aromatic rings. The summed E-state index contributed by atoms with van der Waals surface area (Å²) in [6, 6.07) is 3.75. The summed E-state index contributed by atoms with van der Waals surface area (Å²) in [6.07, 6.45) is 12.4. The first-order chi connectivity index (χ1) is 13.4. The Morgan fingerprint density at radius 3 is 2.71 bits per heavy atom. The predicted octanol–water partition coefficient (Wildman–Crippen LogP) is 4.35. The van der Waals surface area contributed by atoms with Crippen molar-refractivity contribution in [1.29, 1.82) is 0 Å². The molecule has 1 aliphatic rings. The van der Waals surface area contributed by atoms with E-state index in [1.54, 1.807) is 6.08 Å². The van der Waals surface area contributed by atoms with Crippen LogP contribution in [-0.4, -0.2) is 28.9 Å². The molecule has 0 bridgehead atoms. The van der Waals surface area contributed by atoms with Gasteiger partial charge in [0.15, 0.2) is 0 Å². The lowest BCUT2D eigenvalue weighted by Crippen LogP contribution is -2.33. The Morgan fingerprint density at radius 1 is 1.43 bits per heavy atom. The number of oxime groups is 1. The molecule has 0 aromatic carbocycles. The molecule has 1 heterocycles. The topological polar surface area (TPSA) is 97.8 Å². The monoisotopic (exact) mass is 383 g/mol. The van der Waals surface area contributed by atoms with Crippen molar-refractivity contribution in [3.05, 3.63) is 53.9 Å². The van der Waals surface area contributed by atoms with Gasteiger partial charge in [-0.2, -0.15) is 0 Å². The first-order valence-electron chi connectivity index (χ1n) is 9.47. The van der Waals surface area contributed by atoms with Crippen LogP contribution in [0.4, 0.5) is 0 Å². The van der Waals surface area contributed by atoms with E-state index in [4.69, 9.17) is 10.6 Å². The molecule has 2 rings (SSSR count). The van der Waals surface area contributed by atoms with Crippen LogP contribution in [0, 0.1) is 5.41 Å². The molecule has 6 heteroatoms. The molecule has 0 saturated heterocycles. The minimum absolute atomic E-state index is 0.128. The van der Waals surface area contributed by atoms with Gasteiger partial charge in [-0.1, -0.05) is 42.1 Å². The number of hydrogen-bond donors (Lipinski definition) is 2. The number of nitrogens with two attached hydrogens (primary N) is 1. The van der Waals surface area contributed by atoms with E-state index >= 15 is 0 Å². The van der Waals surface area contributed by atoms with Crippen LogP contribution in [0.2, 0.25) is 0 Å². The fourth-order valence-electron chi connectivity index (χ4n) is 3.28. The molecule has 0 spiro atoms. The van der Waals surface area contributed by atoms with Crippen LogP contribution in [0.5, 0.6) is 0 Å². The van der Waals surface area contributed by atoms with Crippen molar-refractivity contribution in [2.75, 3.05) is 7.11 Å². The van der Waals surface area contributed by atoms with Gasteiger partial charge >= 0.3 is 5.97 Å². The highest BCUT2D eigenvalue weighted by Crippen LogP contribution is 2.37. The summed E-state index contributed by atoms with van der Waals surface area (Å²) in [4.78, 5) is 21.1. The maximum absolute atomic E-state index is 11.8. The van der Waals surface area contributed by atoms with Gasteiger partial charge in [-0.3, -0.25) is 9.78 Å². The van der Waals surface area contributed by atoms with E-state index in [1.807, 2.05) is 43.4 Å². The Balaban J connectivity index is 2.03. The molecule has 1 aliphatic carbocycles. The highest BCUT2D eigenvalue weighted by molar-refractivity contribution is 5.88.